The summed E-state index contributed by atoms with van der Waals surface area (Å²) in [5, 5.41) is 20.0. The van der Waals surface area contributed by atoms with Gasteiger partial charge in [0.15, 0.2) is 0 Å². The van der Waals surface area contributed by atoms with E-state index in [1.165, 1.54) is 12.1 Å². The summed E-state index contributed by atoms with van der Waals surface area (Å²) >= 11 is 0. The van der Waals surface area contributed by atoms with Crippen molar-refractivity contribution in [2.45, 2.75) is 38.1 Å². The number of rotatable bonds is 11. The van der Waals surface area contributed by atoms with E-state index in [1.54, 1.807) is 12.1 Å². The Labute approximate surface area is 197 Å². The standard InChI is InChI=1S/C27H36FN3O2/c1-22(2)27(21-29,23-7-4-3-5-8-23)13-6-14-30-15-16-31(25(19-30)20-32)17-18-33-26-11-9-24(28)10-12-26/h3-5,7-12,22,25,32H,6,13-20H2,1-2H3. The molecule has 1 heterocycles. The van der Waals surface area contributed by atoms with Crippen molar-refractivity contribution in [2.24, 2.45) is 5.92 Å². The Morgan fingerprint density at radius 1 is 1.12 bits per heavy atom. The van der Waals surface area contributed by atoms with Gasteiger partial charge in [0.25, 0.3) is 0 Å². The van der Waals surface area contributed by atoms with Crippen LogP contribution in [0.15, 0.2) is 54.6 Å². The van der Waals surface area contributed by atoms with Gasteiger partial charge in [-0.1, -0.05) is 44.2 Å². The molecule has 0 bridgehead atoms. The van der Waals surface area contributed by atoms with E-state index in [0.717, 1.165) is 51.1 Å². The van der Waals surface area contributed by atoms with Crippen LogP contribution in [0, 0.1) is 23.1 Å². The van der Waals surface area contributed by atoms with Crippen molar-refractivity contribution in [2.75, 3.05) is 45.9 Å². The normalized spacial score (nSPS) is 19.2. The zero-order valence-electron chi connectivity index (χ0n) is 19.8. The molecule has 1 aliphatic rings. The van der Waals surface area contributed by atoms with Crippen LogP contribution in [0.1, 0.15) is 32.3 Å². The number of hydrogen-bond donors (Lipinski definition) is 1. The SMILES string of the molecule is CC(C)C(C#N)(CCCN1CCN(CCOc2ccc(F)cc2)C(CO)C1)c1ccccc1. The lowest BCUT2D eigenvalue weighted by Gasteiger charge is -2.41. The van der Waals surface area contributed by atoms with E-state index >= 15 is 0 Å². The number of nitrogens with zero attached hydrogens (tertiary/aromatic N) is 3. The van der Waals surface area contributed by atoms with Gasteiger partial charge in [-0.3, -0.25) is 4.90 Å². The average molecular weight is 454 g/mol. The maximum absolute atomic E-state index is 13.0. The molecule has 1 saturated heterocycles. The summed E-state index contributed by atoms with van der Waals surface area (Å²) < 4.78 is 18.7. The van der Waals surface area contributed by atoms with Crippen molar-refractivity contribution in [3.05, 3.63) is 66.0 Å². The Kier molecular flexibility index (Phi) is 9.25. The number of aliphatic hydroxyl groups excluding tert-OH is 1. The van der Waals surface area contributed by atoms with Crippen LogP contribution in [0.5, 0.6) is 5.75 Å². The van der Waals surface area contributed by atoms with Gasteiger partial charge in [-0.25, -0.2) is 4.39 Å². The molecule has 0 aromatic heterocycles. The third-order valence-corrected chi connectivity index (χ3v) is 6.88. The smallest absolute Gasteiger partial charge is 0.123 e. The van der Waals surface area contributed by atoms with Crippen LogP contribution in [0.2, 0.25) is 0 Å². The summed E-state index contributed by atoms with van der Waals surface area (Å²) in [6.07, 6.45) is 1.76. The first-order valence-corrected chi connectivity index (χ1v) is 11.9. The van der Waals surface area contributed by atoms with Crippen molar-refractivity contribution in [3.63, 3.8) is 0 Å². The number of nitriles is 1. The topological polar surface area (TPSA) is 59.7 Å². The van der Waals surface area contributed by atoms with Crippen molar-refractivity contribution < 1.29 is 14.2 Å². The second kappa shape index (κ2) is 12.1. The maximum Gasteiger partial charge on any atom is 0.123 e. The molecular formula is C27H36FN3O2. The minimum Gasteiger partial charge on any atom is -0.492 e. The lowest BCUT2D eigenvalue weighted by atomic mass is 9.70. The van der Waals surface area contributed by atoms with Gasteiger partial charge in [-0.15, -0.1) is 0 Å². The van der Waals surface area contributed by atoms with Gasteiger partial charge in [-0.05, 0) is 55.1 Å². The molecule has 3 rings (SSSR count). The van der Waals surface area contributed by atoms with Crippen LogP contribution in [0.25, 0.3) is 0 Å². The summed E-state index contributed by atoms with van der Waals surface area (Å²) in [4.78, 5) is 4.66. The second-order valence-corrected chi connectivity index (χ2v) is 9.18. The Bertz CT molecular complexity index is 884. The highest BCUT2D eigenvalue weighted by atomic mass is 19.1. The molecule has 1 fully saturated rings. The summed E-state index contributed by atoms with van der Waals surface area (Å²) in [6.45, 7) is 9.09. The van der Waals surface area contributed by atoms with Crippen LogP contribution < -0.4 is 4.74 Å². The third kappa shape index (κ3) is 6.54. The van der Waals surface area contributed by atoms with Gasteiger partial charge >= 0.3 is 0 Å². The van der Waals surface area contributed by atoms with Crippen LogP contribution in [0.3, 0.4) is 0 Å². The highest BCUT2D eigenvalue weighted by Gasteiger charge is 2.36. The van der Waals surface area contributed by atoms with Crippen LogP contribution in [0.4, 0.5) is 4.39 Å². The van der Waals surface area contributed by atoms with E-state index in [1.807, 2.05) is 18.2 Å². The van der Waals surface area contributed by atoms with E-state index < -0.39 is 5.41 Å². The first kappa shape index (κ1) is 25.2. The fourth-order valence-electron chi connectivity index (χ4n) is 4.77. The number of hydrogen-bond acceptors (Lipinski definition) is 5. The Morgan fingerprint density at radius 2 is 1.85 bits per heavy atom. The molecule has 6 heteroatoms. The van der Waals surface area contributed by atoms with Crippen molar-refractivity contribution in [1.29, 1.82) is 5.26 Å². The van der Waals surface area contributed by atoms with Crippen molar-refractivity contribution in [3.8, 4) is 11.8 Å². The molecule has 5 nitrogen and oxygen atoms in total. The van der Waals surface area contributed by atoms with Gasteiger partial charge in [0.1, 0.15) is 18.2 Å². The molecule has 0 radical (unpaired) electrons. The summed E-state index contributed by atoms with van der Waals surface area (Å²) in [5.41, 5.74) is 0.624. The van der Waals surface area contributed by atoms with Crippen LogP contribution >= 0.6 is 0 Å². The van der Waals surface area contributed by atoms with Gasteiger partial charge in [0, 0.05) is 32.2 Å². The van der Waals surface area contributed by atoms with E-state index in [4.69, 9.17) is 4.74 Å². The molecule has 1 N–H and O–H groups in total. The predicted molar refractivity (Wildman–Crippen MR) is 129 cm³/mol. The van der Waals surface area contributed by atoms with Crippen LogP contribution in [-0.2, 0) is 5.41 Å². The molecule has 2 aromatic rings. The molecule has 1 aliphatic heterocycles. The summed E-state index contributed by atoms with van der Waals surface area (Å²) in [6, 6.07) is 18.9. The second-order valence-electron chi connectivity index (χ2n) is 9.18. The van der Waals surface area contributed by atoms with Gasteiger partial charge in [-0.2, -0.15) is 5.26 Å². The number of ether oxygens (including phenoxy) is 1. The Hall–Kier alpha value is -2.46. The molecule has 0 saturated carbocycles. The molecule has 0 aliphatic carbocycles. The molecule has 2 aromatic carbocycles. The minimum absolute atomic E-state index is 0.0653. The minimum atomic E-state index is -0.475. The summed E-state index contributed by atoms with van der Waals surface area (Å²) in [7, 11) is 0. The number of piperazine rings is 1. The van der Waals surface area contributed by atoms with Crippen molar-refractivity contribution in [1.82, 2.24) is 9.80 Å². The summed E-state index contributed by atoms with van der Waals surface area (Å²) in [5.74, 6) is 0.608. The fraction of sp³-hybridized carbons (Fsp3) is 0.519. The number of aliphatic hydroxyl groups is 1. The van der Waals surface area contributed by atoms with E-state index in [2.05, 4.69) is 41.8 Å². The monoisotopic (exact) mass is 453 g/mol. The molecular weight excluding hydrogens is 417 g/mol. The highest BCUT2D eigenvalue weighted by Crippen LogP contribution is 2.36. The lowest BCUT2D eigenvalue weighted by molar-refractivity contribution is 0.0311. The molecule has 2 unspecified atom stereocenters. The fourth-order valence-corrected chi connectivity index (χ4v) is 4.77. The molecule has 2 atom stereocenters. The van der Waals surface area contributed by atoms with E-state index in [9.17, 15) is 14.8 Å². The Morgan fingerprint density at radius 3 is 2.48 bits per heavy atom. The zero-order valence-corrected chi connectivity index (χ0v) is 19.8. The largest absolute Gasteiger partial charge is 0.492 e. The first-order valence-electron chi connectivity index (χ1n) is 11.9. The number of halogens is 1. The maximum atomic E-state index is 13.0. The first-order chi connectivity index (χ1) is 16.0. The van der Waals surface area contributed by atoms with Crippen molar-refractivity contribution >= 4 is 0 Å². The van der Waals surface area contributed by atoms with E-state index in [0.29, 0.717) is 12.4 Å². The van der Waals surface area contributed by atoms with Crippen LogP contribution in [-0.4, -0.2) is 66.9 Å². The Balaban J connectivity index is 1.48. The third-order valence-electron chi connectivity index (χ3n) is 6.88. The molecule has 0 spiro atoms. The lowest BCUT2D eigenvalue weighted by Crippen LogP contribution is -2.55. The van der Waals surface area contributed by atoms with E-state index in [-0.39, 0.29) is 24.4 Å². The average Bonchev–Trinajstić information content (AvgIpc) is 2.84. The highest BCUT2D eigenvalue weighted by molar-refractivity contribution is 5.33. The van der Waals surface area contributed by atoms with Gasteiger partial charge in [0.2, 0.25) is 0 Å². The van der Waals surface area contributed by atoms with Gasteiger partial charge in [0.05, 0.1) is 18.1 Å². The molecule has 0 amide bonds. The zero-order chi connectivity index (χ0) is 23.7. The number of benzene rings is 2. The predicted octanol–water partition coefficient (Wildman–Crippen LogP) is 4.08. The quantitative estimate of drug-likeness (QED) is 0.556. The molecule has 33 heavy (non-hydrogen) atoms. The van der Waals surface area contributed by atoms with Gasteiger partial charge < -0.3 is 14.7 Å². The molecule has 178 valence electrons.